The Bertz CT molecular complexity index is 268. The summed E-state index contributed by atoms with van der Waals surface area (Å²) in [5, 5.41) is 20.0. The van der Waals surface area contributed by atoms with Gasteiger partial charge in [-0.25, -0.2) is 0 Å². The Kier molecular flexibility index (Phi) is 2.45. The van der Waals surface area contributed by atoms with Crippen molar-refractivity contribution in [2.24, 2.45) is 5.16 Å². The molecule has 0 radical (unpaired) electrons. The molecule has 0 fully saturated rings. The van der Waals surface area contributed by atoms with Crippen molar-refractivity contribution in [2.45, 2.75) is 12.8 Å². The second kappa shape index (κ2) is 3.57. The monoisotopic (exact) mass is 148 g/mol. The third-order valence-electron chi connectivity index (χ3n) is 1.51. The molecule has 0 aliphatic heterocycles. The van der Waals surface area contributed by atoms with Crippen molar-refractivity contribution in [3.8, 4) is 6.07 Å². The van der Waals surface area contributed by atoms with Gasteiger partial charge in [0.2, 0.25) is 0 Å². The van der Waals surface area contributed by atoms with E-state index in [0.29, 0.717) is 18.6 Å². The lowest BCUT2D eigenvalue weighted by Crippen LogP contribution is -2.03. The van der Waals surface area contributed by atoms with Gasteiger partial charge in [-0.2, -0.15) is 5.26 Å². The summed E-state index contributed by atoms with van der Waals surface area (Å²) in [5.74, 6) is 0. The molecule has 0 amide bonds. The van der Waals surface area contributed by atoms with E-state index < -0.39 is 0 Å². The molecule has 3 heteroatoms. The summed E-state index contributed by atoms with van der Waals surface area (Å²) >= 11 is 0. The van der Waals surface area contributed by atoms with Gasteiger partial charge in [0.05, 0.1) is 18.2 Å². The van der Waals surface area contributed by atoms with Gasteiger partial charge in [-0.05, 0) is 5.57 Å². The average Bonchev–Trinajstić information content (AvgIpc) is 2.06. The maximum Gasteiger partial charge on any atom is 0.0875 e. The van der Waals surface area contributed by atoms with Gasteiger partial charge in [-0.15, -0.1) is 0 Å². The van der Waals surface area contributed by atoms with Crippen LogP contribution in [-0.2, 0) is 0 Å². The van der Waals surface area contributed by atoms with Crippen LogP contribution in [0.2, 0.25) is 0 Å². The molecule has 0 heterocycles. The highest BCUT2D eigenvalue weighted by molar-refractivity contribution is 6.02. The predicted molar refractivity (Wildman–Crippen MR) is 41.3 cm³/mol. The first-order valence-corrected chi connectivity index (χ1v) is 3.32. The molecule has 3 nitrogen and oxygen atoms in total. The fraction of sp³-hybridized carbons (Fsp3) is 0.250. The minimum atomic E-state index is 0.309. The van der Waals surface area contributed by atoms with Crippen LogP contribution in [0.25, 0.3) is 0 Å². The molecule has 0 aromatic heterocycles. The number of nitriles is 1. The highest BCUT2D eigenvalue weighted by atomic mass is 16.4. The van der Waals surface area contributed by atoms with Crippen molar-refractivity contribution in [1.29, 1.82) is 5.26 Å². The number of hydrogen-bond donors (Lipinski definition) is 1. The minimum absolute atomic E-state index is 0.309. The quantitative estimate of drug-likeness (QED) is 0.453. The van der Waals surface area contributed by atoms with Gasteiger partial charge in [0, 0.05) is 6.42 Å². The lowest BCUT2D eigenvalue weighted by molar-refractivity contribution is 0.318. The fourth-order valence-corrected chi connectivity index (χ4v) is 0.942. The number of allylic oxidation sites excluding steroid dienone is 4. The van der Waals surface area contributed by atoms with Crippen molar-refractivity contribution < 1.29 is 5.21 Å². The third kappa shape index (κ3) is 1.68. The molecule has 0 atom stereocenters. The van der Waals surface area contributed by atoms with E-state index in [4.69, 9.17) is 10.5 Å². The summed E-state index contributed by atoms with van der Waals surface area (Å²) in [7, 11) is 0. The van der Waals surface area contributed by atoms with E-state index in [9.17, 15) is 0 Å². The van der Waals surface area contributed by atoms with Crippen LogP contribution in [0.4, 0.5) is 0 Å². The number of nitrogens with zero attached hydrogens (tertiary/aromatic N) is 2. The molecule has 0 spiro atoms. The first-order valence-electron chi connectivity index (χ1n) is 3.32. The molecular formula is C8H8N2O. The Hall–Kier alpha value is -1.56. The average molecular weight is 148 g/mol. The smallest absolute Gasteiger partial charge is 0.0875 e. The van der Waals surface area contributed by atoms with Gasteiger partial charge in [-0.1, -0.05) is 23.4 Å². The topological polar surface area (TPSA) is 56.4 Å². The second-order valence-electron chi connectivity index (χ2n) is 2.21. The second-order valence-corrected chi connectivity index (χ2v) is 2.21. The van der Waals surface area contributed by atoms with Crippen molar-refractivity contribution >= 4 is 5.71 Å². The fourth-order valence-electron chi connectivity index (χ4n) is 0.942. The van der Waals surface area contributed by atoms with Crippen LogP contribution in [0.1, 0.15) is 12.8 Å². The molecule has 0 aromatic rings. The molecule has 11 heavy (non-hydrogen) atoms. The Morgan fingerprint density at radius 1 is 1.73 bits per heavy atom. The summed E-state index contributed by atoms with van der Waals surface area (Å²) in [6.45, 7) is 0. The zero-order valence-corrected chi connectivity index (χ0v) is 5.99. The van der Waals surface area contributed by atoms with Gasteiger partial charge in [-0.3, -0.25) is 0 Å². The first kappa shape index (κ1) is 7.55. The molecule has 56 valence electrons. The van der Waals surface area contributed by atoms with Crippen molar-refractivity contribution in [3.63, 3.8) is 0 Å². The van der Waals surface area contributed by atoms with E-state index in [-0.39, 0.29) is 0 Å². The summed E-state index contributed by atoms with van der Waals surface area (Å²) in [5.41, 5.74) is 1.39. The number of rotatable bonds is 1. The summed E-state index contributed by atoms with van der Waals surface area (Å²) in [6, 6.07) is 2.01. The third-order valence-corrected chi connectivity index (χ3v) is 1.51. The Morgan fingerprint density at radius 3 is 3.18 bits per heavy atom. The zero-order valence-electron chi connectivity index (χ0n) is 5.99. The predicted octanol–water partition coefficient (Wildman–Crippen LogP) is 1.62. The molecule has 0 saturated heterocycles. The Morgan fingerprint density at radius 2 is 2.55 bits per heavy atom. The largest absolute Gasteiger partial charge is 0.411 e. The van der Waals surface area contributed by atoms with E-state index in [2.05, 4.69) is 5.16 Å². The van der Waals surface area contributed by atoms with Crippen molar-refractivity contribution in [2.75, 3.05) is 0 Å². The van der Waals surface area contributed by atoms with Crippen LogP contribution in [0.5, 0.6) is 0 Å². The zero-order chi connectivity index (χ0) is 8.10. The van der Waals surface area contributed by atoms with Gasteiger partial charge in [0.25, 0.3) is 0 Å². The van der Waals surface area contributed by atoms with E-state index in [0.717, 1.165) is 5.57 Å². The highest BCUT2D eigenvalue weighted by Crippen LogP contribution is 2.12. The van der Waals surface area contributed by atoms with Crippen LogP contribution in [0, 0.1) is 11.3 Å². The Balaban J connectivity index is 2.81. The summed E-state index contributed by atoms with van der Waals surface area (Å²) in [4.78, 5) is 0. The van der Waals surface area contributed by atoms with Crippen molar-refractivity contribution in [1.82, 2.24) is 0 Å². The van der Waals surface area contributed by atoms with Gasteiger partial charge in [0.15, 0.2) is 0 Å². The summed E-state index contributed by atoms with van der Waals surface area (Å²) in [6.07, 6.45) is 6.47. The van der Waals surface area contributed by atoms with E-state index in [1.807, 2.05) is 18.2 Å². The van der Waals surface area contributed by atoms with E-state index in [1.54, 1.807) is 6.08 Å². The van der Waals surface area contributed by atoms with Crippen LogP contribution in [0.3, 0.4) is 0 Å². The molecule has 0 aromatic carbocycles. The van der Waals surface area contributed by atoms with E-state index >= 15 is 0 Å². The molecule has 0 unspecified atom stereocenters. The molecule has 1 aliphatic carbocycles. The molecule has 1 N–H and O–H groups in total. The van der Waals surface area contributed by atoms with Gasteiger partial charge >= 0.3 is 0 Å². The maximum absolute atomic E-state index is 8.49. The SMILES string of the molecule is N#CCC1=CC=CCC1=NO. The molecular weight excluding hydrogens is 140 g/mol. The van der Waals surface area contributed by atoms with Gasteiger partial charge < -0.3 is 5.21 Å². The molecule has 1 aliphatic rings. The standard InChI is InChI=1S/C8H8N2O/c9-6-5-7-3-1-2-4-8(7)10-11/h1-3,11H,4-5H2. The highest BCUT2D eigenvalue weighted by Gasteiger charge is 2.07. The van der Waals surface area contributed by atoms with Gasteiger partial charge in [0.1, 0.15) is 0 Å². The van der Waals surface area contributed by atoms with Crippen LogP contribution in [-0.4, -0.2) is 10.9 Å². The molecule has 0 bridgehead atoms. The van der Waals surface area contributed by atoms with Crippen LogP contribution >= 0.6 is 0 Å². The Labute approximate surface area is 64.9 Å². The lowest BCUT2D eigenvalue weighted by atomic mass is 10.0. The van der Waals surface area contributed by atoms with Crippen LogP contribution in [0.15, 0.2) is 29.0 Å². The first-order chi connectivity index (χ1) is 5.38. The number of hydrogen-bond acceptors (Lipinski definition) is 3. The molecule has 1 rings (SSSR count). The summed E-state index contributed by atoms with van der Waals surface area (Å²) < 4.78 is 0. The lowest BCUT2D eigenvalue weighted by Gasteiger charge is -2.05. The van der Waals surface area contributed by atoms with Crippen LogP contribution < -0.4 is 0 Å². The van der Waals surface area contributed by atoms with E-state index in [1.165, 1.54) is 0 Å². The van der Waals surface area contributed by atoms with Crippen molar-refractivity contribution in [3.05, 3.63) is 23.8 Å². The number of oxime groups is 1. The normalized spacial score (nSPS) is 19.5. The minimum Gasteiger partial charge on any atom is -0.411 e. The maximum atomic E-state index is 8.49. The molecule has 0 saturated carbocycles.